The number of carbonyl (C=O) groups is 2. The van der Waals surface area contributed by atoms with Crippen LogP contribution in [0.25, 0.3) is 5.69 Å². The van der Waals surface area contributed by atoms with E-state index in [0.717, 1.165) is 0 Å². The van der Waals surface area contributed by atoms with Gasteiger partial charge < -0.3 is 10.4 Å². The van der Waals surface area contributed by atoms with Crippen LogP contribution >= 0.6 is 0 Å². The summed E-state index contributed by atoms with van der Waals surface area (Å²) >= 11 is 0. The van der Waals surface area contributed by atoms with Gasteiger partial charge in [0, 0.05) is 0 Å². The Morgan fingerprint density at radius 2 is 2.05 bits per heavy atom. The fourth-order valence-corrected chi connectivity index (χ4v) is 2.30. The number of nitrogens with one attached hydrogen (secondary N) is 1. The molecule has 0 unspecified atom stereocenters. The van der Waals surface area contributed by atoms with Crippen molar-refractivity contribution < 1.29 is 19.1 Å². The molecule has 22 heavy (non-hydrogen) atoms. The Morgan fingerprint density at radius 3 is 2.64 bits per heavy atom. The predicted octanol–water partition coefficient (Wildman–Crippen LogP) is 1.67. The Morgan fingerprint density at radius 1 is 1.36 bits per heavy atom. The van der Waals surface area contributed by atoms with Crippen LogP contribution in [0.4, 0.5) is 4.39 Å². The van der Waals surface area contributed by atoms with E-state index in [1.165, 1.54) is 16.9 Å². The second kappa shape index (κ2) is 4.94. The van der Waals surface area contributed by atoms with Gasteiger partial charge in [0.15, 0.2) is 0 Å². The number of benzene rings is 1. The molecule has 2 N–H and O–H groups in total. The van der Waals surface area contributed by atoms with Gasteiger partial charge in [-0.1, -0.05) is 12.1 Å². The zero-order chi connectivity index (χ0) is 15.9. The Kier molecular flexibility index (Phi) is 3.20. The molecular weight excluding hydrogens is 289 g/mol. The van der Waals surface area contributed by atoms with E-state index in [1.54, 1.807) is 25.1 Å². The highest BCUT2D eigenvalue weighted by molar-refractivity contribution is 5.99. The third-order valence-corrected chi connectivity index (χ3v) is 3.85. The summed E-state index contributed by atoms with van der Waals surface area (Å²) in [5.74, 6) is -2.01. The highest BCUT2D eigenvalue weighted by Gasteiger charge is 2.51. The number of hydrogen-bond acceptors (Lipinski definition) is 3. The first-order chi connectivity index (χ1) is 10.4. The molecule has 1 aliphatic rings. The topological polar surface area (TPSA) is 84.2 Å². The Bertz CT molecular complexity index is 765. The van der Waals surface area contributed by atoms with Crippen molar-refractivity contribution in [1.29, 1.82) is 0 Å². The molecule has 0 spiro atoms. The molecule has 0 radical (unpaired) electrons. The fraction of sp³-hybridized carbons (Fsp3) is 0.267. The smallest absolute Gasteiger partial charge is 0.329 e. The van der Waals surface area contributed by atoms with Crippen molar-refractivity contribution in [3.63, 3.8) is 0 Å². The Labute approximate surface area is 125 Å². The monoisotopic (exact) mass is 303 g/mol. The van der Waals surface area contributed by atoms with E-state index in [4.69, 9.17) is 5.11 Å². The number of para-hydroxylation sites is 1. The van der Waals surface area contributed by atoms with Crippen molar-refractivity contribution in [3.05, 3.63) is 47.5 Å². The molecule has 114 valence electrons. The largest absolute Gasteiger partial charge is 0.480 e. The van der Waals surface area contributed by atoms with E-state index in [1.807, 2.05) is 0 Å². The number of aromatic nitrogens is 2. The minimum atomic E-state index is -1.16. The number of carbonyl (C=O) groups excluding carboxylic acids is 1. The fourth-order valence-electron chi connectivity index (χ4n) is 2.30. The van der Waals surface area contributed by atoms with E-state index < -0.39 is 23.2 Å². The molecule has 1 fully saturated rings. The van der Waals surface area contributed by atoms with Crippen LogP contribution in [0.5, 0.6) is 0 Å². The highest BCUT2D eigenvalue weighted by Crippen LogP contribution is 2.36. The molecule has 1 aliphatic carbocycles. The maximum absolute atomic E-state index is 13.8. The zero-order valence-electron chi connectivity index (χ0n) is 11.8. The number of carboxylic acid groups (broad SMARTS) is 1. The van der Waals surface area contributed by atoms with Gasteiger partial charge in [-0.2, -0.15) is 5.10 Å². The van der Waals surface area contributed by atoms with Gasteiger partial charge in [0.05, 0.1) is 17.5 Å². The average Bonchev–Trinajstić information content (AvgIpc) is 3.16. The van der Waals surface area contributed by atoms with Gasteiger partial charge in [-0.3, -0.25) is 4.79 Å². The number of aliphatic carboxylic acids is 1. The summed E-state index contributed by atoms with van der Waals surface area (Å²) in [7, 11) is 0. The third-order valence-electron chi connectivity index (χ3n) is 3.85. The number of amides is 1. The van der Waals surface area contributed by atoms with Crippen LogP contribution in [-0.4, -0.2) is 32.3 Å². The van der Waals surface area contributed by atoms with Crippen LogP contribution < -0.4 is 5.32 Å². The van der Waals surface area contributed by atoms with E-state index in [2.05, 4.69) is 10.4 Å². The van der Waals surface area contributed by atoms with Gasteiger partial charge in [0.1, 0.15) is 17.0 Å². The third kappa shape index (κ3) is 2.24. The van der Waals surface area contributed by atoms with E-state index >= 15 is 0 Å². The van der Waals surface area contributed by atoms with Crippen molar-refractivity contribution in [2.24, 2.45) is 0 Å². The van der Waals surface area contributed by atoms with Crippen molar-refractivity contribution in [2.75, 3.05) is 0 Å². The summed E-state index contributed by atoms with van der Waals surface area (Å²) in [6.45, 7) is 1.63. The standard InChI is InChI=1S/C15H14FN3O3/c1-9-10(13(20)18-15(6-7-15)14(21)22)8-17-19(9)12-5-3-2-4-11(12)16/h2-5,8H,6-7H2,1H3,(H,18,20)(H,21,22). The summed E-state index contributed by atoms with van der Waals surface area (Å²) in [5.41, 5.74) is -0.248. The SMILES string of the molecule is Cc1c(C(=O)NC2(C(=O)O)CC2)cnn1-c1ccccc1F. The lowest BCUT2D eigenvalue weighted by atomic mass is 10.2. The number of hydrogen-bond donors (Lipinski definition) is 2. The van der Waals surface area contributed by atoms with Crippen molar-refractivity contribution >= 4 is 11.9 Å². The van der Waals surface area contributed by atoms with E-state index in [-0.39, 0.29) is 11.3 Å². The lowest BCUT2D eigenvalue weighted by Crippen LogP contribution is -2.43. The summed E-state index contributed by atoms with van der Waals surface area (Å²) in [5, 5.41) is 15.7. The van der Waals surface area contributed by atoms with Crippen molar-refractivity contribution in [2.45, 2.75) is 25.3 Å². The number of carboxylic acids is 1. The molecule has 1 amide bonds. The lowest BCUT2D eigenvalue weighted by Gasteiger charge is -2.12. The average molecular weight is 303 g/mol. The first-order valence-electron chi connectivity index (χ1n) is 6.80. The molecule has 1 heterocycles. The number of nitrogens with zero attached hydrogens (tertiary/aromatic N) is 2. The van der Waals surface area contributed by atoms with Gasteiger partial charge in [-0.15, -0.1) is 0 Å². The summed E-state index contributed by atoms with van der Waals surface area (Å²) in [4.78, 5) is 23.4. The Hall–Kier alpha value is -2.70. The maximum Gasteiger partial charge on any atom is 0.329 e. The summed E-state index contributed by atoms with van der Waals surface area (Å²) in [6.07, 6.45) is 2.14. The van der Waals surface area contributed by atoms with Gasteiger partial charge in [0.2, 0.25) is 0 Å². The van der Waals surface area contributed by atoms with Crippen LogP contribution in [0, 0.1) is 12.7 Å². The first kappa shape index (κ1) is 14.2. The normalized spacial score (nSPS) is 15.4. The molecule has 6 nitrogen and oxygen atoms in total. The van der Waals surface area contributed by atoms with Gasteiger partial charge in [-0.05, 0) is 31.9 Å². The second-order valence-electron chi connectivity index (χ2n) is 5.35. The van der Waals surface area contributed by atoms with E-state index in [0.29, 0.717) is 18.5 Å². The molecular formula is C15H14FN3O3. The van der Waals surface area contributed by atoms with Crippen molar-refractivity contribution in [3.8, 4) is 5.69 Å². The quantitative estimate of drug-likeness (QED) is 0.900. The van der Waals surface area contributed by atoms with Gasteiger partial charge in [-0.25, -0.2) is 13.9 Å². The summed E-state index contributed by atoms with van der Waals surface area (Å²) in [6, 6.07) is 6.09. The highest BCUT2D eigenvalue weighted by atomic mass is 19.1. The Balaban J connectivity index is 1.90. The molecule has 0 bridgehead atoms. The van der Waals surface area contributed by atoms with Crippen LogP contribution in [0.15, 0.2) is 30.5 Å². The molecule has 7 heteroatoms. The first-order valence-corrected chi connectivity index (χ1v) is 6.80. The van der Waals surface area contributed by atoms with Crippen LogP contribution in [0.1, 0.15) is 28.9 Å². The minimum Gasteiger partial charge on any atom is -0.480 e. The van der Waals surface area contributed by atoms with Crippen LogP contribution in [0.3, 0.4) is 0 Å². The zero-order valence-corrected chi connectivity index (χ0v) is 11.8. The lowest BCUT2D eigenvalue weighted by molar-refractivity contribution is -0.140. The van der Waals surface area contributed by atoms with Crippen LogP contribution in [-0.2, 0) is 4.79 Å². The van der Waals surface area contributed by atoms with Crippen LogP contribution in [0.2, 0.25) is 0 Å². The summed E-state index contributed by atoms with van der Waals surface area (Å²) < 4.78 is 15.1. The molecule has 3 rings (SSSR count). The van der Waals surface area contributed by atoms with Gasteiger partial charge >= 0.3 is 5.97 Å². The number of halogens is 1. The molecule has 1 aromatic heterocycles. The molecule has 0 aliphatic heterocycles. The second-order valence-corrected chi connectivity index (χ2v) is 5.35. The van der Waals surface area contributed by atoms with E-state index in [9.17, 15) is 14.0 Å². The maximum atomic E-state index is 13.8. The molecule has 0 saturated heterocycles. The predicted molar refractivity (Wildman–Crippen MR) is 75.3 cm³/mol. The number of rotatable bonds is 4. The van der Waals surface area contributed by atoms with Crippen molar-refractivity contribution in [1.82, 2.24) is 15.1 Å². The minimum absolute atomic E-state index is 0.232. The molecule has 0 atom stereocenters. The molecule has 2 aromatic rings. The molecule has 1 aromatic carbocycles. The van der Waals surface area contributed by atoms with Gasteiger partial charge in [0.25, 0.3) is 5.91 Å². The molecule has 1 saturated carbocycles.